The number of carbonyl (C=O) groups is 1. The lowest BCUT2D eigenvalue weighted by Crippen LogP contribution is -2.38. The van der Waals surface area contributed by atoms with Crippen LogP contribution in [0.1, 0.15) is 61.3 Å². The Morgan fingerprint density at radius 1 is 1.36 bits per heavy atom. The zero-order chi connectivity index (χ0) is 20.1. The molecule has 3 rings (SSSR count). The fourth-order valence-electron chi connectivity index (χ4n) is 3.51. The average molecular weight is 400 g/mol. The second-order valence-corrected chi connectivity index (χ2v) is 8.28. The zero-order valence-corrected chi connectivity index (χ0v) is 17.9. The van der Waals surface area contributed by atoms with Crippen LogP contribution < -0.4 is 10.1 Å². The monoisotopic (exact) mass is 399 g/mol. The standard InChI is InChI=1S/C22H29N3O2S/c1-5-6-8-18(14-17(4)27-20-9-7-12-28-20)24-22(26)19-10-11-25-16(3)13-15(2)23-21(19)25/h7,9-13,17-18H,5-6,8,14H2,1-4H3,(H,24,26). The molecule has 3 aromatic heterocycles. The number of amides is 1. The number of aryl methyl sites for hydroxylation is 2. The van der Waals surface area contributed by atoms with Gasteiger partial charge in [-0.1, -0.05) is 19.8 Å². The van der Waals surface area contributed by atoms with Crippen LogP contribution in [0, 0.1) is 13.8 Å². The average Bonchev–Trinajstić information content (AvgIpc) is 3.29. The Labute approximate surface area is 170 Å². The first-order valence-electron chi connectivity index (χ1n) is 9.94. The van der Waals surface area contributed by atoms with Crippen LogP contribution in [-0.4, -0.2) is 27.4 Å². The van der Waals surface area contributed by atoms with Gasteiger partial charge in [-0.25, -0.2) is 4.98 Å². The molecule has 2 atom stereocenters. The van der Waals surface area contributed by atoms with Gasteiger partial charge in [0, 0.05) is 30.0 Å². The molecule has 2 unspecified atom stereocenters. The van der Waals surface area contributed by atoms with Crippen molar-refractivity contribution >= 4 is 22.9 Å². The highest BCUT2D eigenvalue weighted by molar-refractivity contribution is 7.11. The minimum Gasteiger partial charge on any atom is -0.481 e. The molecule has 0 aliphatic carbocycles. The van der Waals surface area contributed by atoms with Gasteiger partial charge in [0.05, 0.1) is 11.7 Å². The van der Waals surface area contributed by atoms with E-state index >= 15 is 0 Å². The van der Waals surface area contributed by atoms with Crippen molar-refractivity contribution in [3.63, 3.8) is 0 Å². The number of ether oxygens (including phenoxy) is 1. The number of nitrogens with zero attached hydrogens (tertiary/aromatic N) is 2. The van der Waals surface area contributed by atoms with E-state index < -0.39 is 0 Å². The van der Waals surface area contributed by atoms with Gasteiger partial charge in [0.15, 0.2) is 5.06 Å². The van der Waals surface area contributed by atoms with Crippen LogP contribution in [0.4, 0.5) is 0 Å². The quantitative estimate of drug-likeness (QED) is 0.541. The Kier molecular flexibility index (Phi) is 6.73. The van der Waals surface area contributed by atoms with Crippen LogP contribution in [0.5, 0.6) is 5.06 Å². The summed E-state index contributed by atoms with van der Waals surface area (Å²) in [5.41, 5.74) is 3.33. The number of unbranched alkanes of at least 4 members (excludes halogenated alkanes) is 1. The van der Waals surface area contributed by atoms with E-state index in [1.165, 1.54) is 0 Å². The topological polar surface area (TPSA) is 55.6 Å². The fraction of sp³-hybridized carbons (Fsp3) is 0.455. The Bertz CT molecular complexity index is 917. The van der Waals surface area contributed by atoms with Gasteiger partial charge in [0.2, 0.25) is 0 Å². The van der Waals surface area contributed by atoms with Crippen LogP contribution in [0.3, 0.4) is 0 Å². The van der Waals surface area contributed by atoms with Gasteiger partial charge in [-0.05, 0) is 56.8 Å². The summed E-state index contributed by atoms with van der Waals surface area (Å²) in [5, 5.41) is 6.15. The van der Waals surface area contributed by atoms with E-state index in [1.807, 2.05) is 54.1 Å². The molecule has 1 amide bonds. The number of aromatic nitrogens is 2. The van der Waals surface area contributed by atoms with Gasteiger partial charge >= 0.3 is 0 Å². The molecule has 0 fully saturated rings. The van der Waals surface area contributed by atoms with Gasteiger partial charge < -0.3 is 14.5 Å². The number of thiophene rings is 1. The summed E-state index contributed by atoms with van der Waals surface area (Å²) in [5.74, 6) is -0.0653. The van der Waals surface area contributed by atoms with Gasteiger partial charge in [-0.15, -0.1) is 11.3 Å². The summed E-state index contributed by atoms with van der Waals surface area (Å²) in [7, 11) is 0. The number of nitrogens with one attached hydrogen (secondary N) is 1. The Morgan fingerprint density at radius 3 is 2.89 bits per heavy atom. The molecule has 1 N–H and O–H groups in total. The summed E-state index contributed by atoms with van der Waals surface area (Å²) < 4.78 is 7.95. The SMILES string of the molecule is CCCCC(CC(C)Oc1cccs1)NC(=O)c1ccn2c(C)cc(C)nc12. The van der Waals surface area contributed by atoms with E-state index in [0.717, 1.165) is 42.1 Å². The van der Waals surface area contributed by atoms with Crippen molar-refractivity contribution in [1.82, 2.24) is 14.7 Å². The Hall–Kier alpha value is -2.34. The zero-order valence-electron chi connectivity index (χ0n) is 17.1. The Morgan fingerprint density at radius 2 is 2.18 bits per heavy atom. The molecule has 150 valence electrons. The summed E-state index contributed by atoms with van der Waals surface area (Å²) >= 11 is 1.59. The van der Waals surface area contributed by atoms with Gasteiger partial charge in [0.1, 0.15) is 5.65 Å². The molecule has 0 aromatic carbocycles. The van der Waals surface area contributed by atoms with Crippen LogP contribution in [0.15, 0.2) is 35.8 Å². The highest BCUT2D eigenvalue weighted by Crippen LogP contribution is 2.22. The lowest BCUT2D eigenvalue weighted by atomic mass is 10.0. The molecule has 0 spiro atoms. The fourth-order valence-corrected chi connectivity index (χ4v) is 4.18. The van der Waals surface area contributed by atoms with E-state index in [-0.39, 0.29) is 18.1 Å². The summed E-state index contributed by atoms with van der Waals surface area (Å²) in [4.78, 5) is 17.6. The molecular weight excluding hydrogens is 370 g/mol. The number of carbonyl (C=O) groups excluding carboxylic acids is 1. The molecular formula is C22H29N3O2S. The van der Waals surface area contributed by atoms with Crippen molar-refractivity contribution in [3.8, 4) is 5.06 Å². The molecule has 0 aliphatic heterocycles. The third-order valence-corrected chi connectivity index (χ3v) is 5.61. The maximum atomic E-state index is 13.0. The molecule has 28 heavy (non-hydrogen) atoms. The molecule has 0 bridgehead atoms. The van der Waals surface area contributed by atoms with Gasteiger partial charge in [-0.3, -0.25) is 4.79 Å². The van der Waals surface area contributed by atoms with E-state index in [1.54, 1.807) is 11.3 Å². The minimum atomic E-state index is -0.0653. The number of rotatable bonds is 9. The predicted molar refractivity (Wildman–Crippen MR) is 114 cm³/mol. The first-order valence-corrected chi connectivity index (χ1v) is 10.8. The molecule has 3 heterocycles. The normalized spacial score (nSPS) is 13.4. The number of hydrogen-bond acceptors (Lipinski definition) is 4. The van der Waals surface area contributed by atoms with Crippen molar-refractivity contribution in [2.24, 2.45) is 0 Å². The molecule has 0 saturated heterocycles. The number of hydrogen-bond donors (Lipinski definition) is 1. The molecule has 5 nitrogen and oxygen atoms in total. The lowest BCUT2D eigenvalue weighted by molar-refractivity contribution is 0.0921. The van der Waals surface area contributed by atoms with E-state index in [4.69, 9.17) is 4.74 Å². The molecule has 0 aliphatic rings. The third-order valence-electron chi connectivity index (χ3n) is 4.85. The van der Waals surface area contributed by atoms with Crippen molar-refractivity contribution in [2.45, 2.75) is 65.5 Å². The molecule has 3 aromatic rings. The van der Waals surface area contributed by atoms with Crippen LogP contribution >= 0.6 is 11.3 Å². The Balaban J connectivity index is 1.72. The van der Waals surface area contributed by atoms with Crippen LogP contribution in [0.25, 0.3) is 5.65 Å². The van der Waals surface area contributed by atoms with Crippen molar-refractivity contribution < 1.29 is 9.53 Å². The minimum absolute atomic E-state index is 0.0363. The lowest BCUT2D eigenvalue weighted by Gasteiger charge is -2.22. The number of fused-ring (bicyclic) bond motifs is 1. The van der Waals surface area contributed by atoms with Crippen LogP contribution in [0.2, 0.25) is 0 Å². The largest absolute Gasteiger partial charge is 0.481 e. The van der Waals surface area contributed by atoms with Gasteiger partial charge in [-0.2, -0.15) is 0 Å². The molecule has 0 saturated carbocycles. The van der Waals surface area contributed by atoms with Crippen LogP contribution in [-0.2, 0) is 0 Å². The van der Waals surface area contributed by atoms with E-state index in [2.05, 4.69) is 24.1 Å². The smallest absolute Gasteiger partial charge is 0.255 e. The first-order chi connectivity index (χ1) is 13.5. The van der Waals surface area contributed by atoms with Gasteiger partial charge in [0.25, 0.3) is 5.91 Å². The molecule has 6 heteroatoms. The second-order valence-electron chi connectivity index (χ2n) is 7.37. The summed E-state index contributed by atoms with van der Waals surface area (Å²) in [6.45, 7) is 8.21. The van der Waals surface area contributed by atoms with Crippen molar-refractivity contribution in [1.29, 1.82) is 0 Å². The third kappa shape index (κ3) is 4.93. The first kappa shape index (κ1) is 20.4. The maximum Gasteiger partial charge on any atom is 0.255 e. The summed E-state index contributed by atoms with van der Waals surface area (Å²) in [6.07, 6.45) is 5.84. The highest BCUT2D eigenvalue weighted by atomic mass is 32.1. The highest BCUT2D eigenvalue weighted by Gasteiger charge is 2.20. The van der Waals surface area contributed by atoms with Crippen molar-refractivity contribution in [3.05, 3.63) is 52.8 Å². The summed E-state index contributed by atoms with van der Waals surface area (Å²) in [6, 6.07) is 7.90. The second kappa shape index (κ2) is 9.24. The van der Waals surface area contributed by atoms with Crippen molar-refractivity contribution in [2.75, 3.05) is 0 Å². The maximum absolute atomic E-state index is 13.0. The molecule has 0 radical (unpaired) electrons. The van der Waals surface area contributed by atoms with E-state index in [0.29, 0.717) is 11.2 Å². The predicted octanol–water partition coefficient (Wildman–Crippen LogP) is 5.16. The van der Waals surface area contributed by atoms with E-state index in [9.17, 15) is 4.79 Å².